The minimum Gasteiger partial charge on any atom is -0.480 e. The van der Waals surface area contributed by atoms with Crippen LogP contribution in [0.15, 0.2) is 24.3 Å². The van der Waals surface area contributed by atoms with Crippen LogP contribution in [0.1, 0.15) is 39.2 Å². The van der Waals surface area contributed by atoms with Crippen LogP contribution in [0.4, 0.5) is 5.69 Å². The molecular weight excluding hydrogens is 264 g/mol. The van der Waals surface area contributed by atoms with Gasteiger partial charge in [-0.15, -0.1) is 0 Å². The minimum atomic E-state index is -0.840. The summed E-state index contributed by atoms with van der Waals surface area (Å²) in [6.45, 7) is 7.71. The Morgan fingerprint density at radius 3 is 2.81 bits per heavy atom. The van der Waals surface area contributed by atoms with Crippen LogP contribution in [0, 0.1) is 0 Å². The van der Waals surface area contributed by atoms with Crippen LogP contribution in [0.2, 0.25) is 0 Å². The molecule has 1 unspecified atom stereocenters. The van der Waals surface area contributed by atoms with Crippen LogP contribution in [-0.2, 0) is 11.2 Å². The summed E-state index contributed by atoms with van der Waals surface area (Å²) in [7, 11) is 0. The highest BCUT2D eigenvalue weighted by molar-refractivity contribution is 5.78. The lowest BCUT2D eigenvalue weighted by atomic mass is 9.94. The summed E-state index contributed by atoms with van der Waals surface area (Å²) in [6.07, 6.45) is 2.60. The molecule has 0 bridgehead atoms. The topological polar surface area (TPSA) is 52.6 Å². The predicted molar refractivity (Wildman–Crippen MR) is 85.9 cm³/mol. The Kier molecular flexibility index (Phi) is 4.88. The van der Waals surface area contributed by atoms with E-state index in [4.69, 9.17) is 0 Å². The van der Waals surface area contributed by atoms with Crippen molar-refractivity contribution in [3.63, 3.8) is 0 Å². The van der Waals surface area contributed by atoms with E-state index >= 15 is 0 Å². The molecule has 2 rings (SSSR count). The van der Waals surface area contributed by atoms with Gasteiger partial charge in [-0.2, -0.15) is 0 Å². The van der Waals surface area contributed by atoms with Gasteiger partial charge in [-0.1, -0.05) is 18.2 Å². The number of nitrogens with zero attached hydrogens (tertiary/aromatic N) is 1. The first-order chi connectivity index (χ1) is 9.92. The molecule has 1 atom stereocenters. The Bertz CT molecular complexity index is 501. The lowest BCUT2D eigenvalue weighted by Gasteiger charge is -2.30. The van der Waals surface area contributed by atoms with Crippen LogP contribution < -0.4 is 10.2 Å². The molecule has 1 heterocycles. The lowest BCUT2D eigenvalue weighted by Crippen LogP contribution is -2.52. The second-order valence-corrected chi connectivity index (χ2v) is 6.41. The first kappa shape index (κ1) is 15.8. The maximum absolute atomic E-state index is 11.5. The van der Waals surface area contributed by atoms with E-state index in [2.05, 4.69) is 34.5 Å². The summed E-state index contributed by atoms with van der Waals surface area (Å²) in [4.78, 5) is 13.9. The van der Waals surface area contributed by atoms with Gasteiger partial charge in [0.05, 0.1) is 0 Å². The number of aliphatic carboxylic acids is 1. The van der Waals surface area contributed by atoms with E-state index in [1.165, 1.54) is 11.3 Å². The van der Waals surface area contributed by atoms with Crippen molar-refractivity contribution in [1.82, 2.24) is 5.32 Å². The van der Waals surface area contributed by atoms with Crippen molar-refractivity contribution in [2.75, 3.05) is 18.0 Å². The Morgan fingerprint density at radius 1 is 1.43 bits per heavy atom. The van der Waals surface area contributed by atoms with Crippen LogP contribution >= 0.6 is 0 Å². The zero-order chi connectivity index (χ0) is 15.5. The molecule has 1 aromatic carbocycles. The number of hydrogen-bond acceptors (Lipinski definition) is 3. The Hall–Kier alpha value is -1.55. The quantitative estimate of drug-likeness (QED) is 0.810. The molecule has 1 aliphatic rings. The van der Waals surface area contributed by atoms with Gasteiger partial charge in [-0.25, -0.2) is 0 Å². The average Bonchev–Trinajstić information content (AvgIpc) is 2.81. The summed E-state index contributed by atoms with van der Waals surface area (Å²) in [5.41, 5.74) is 1.87. The number of anilines is 1. The maximum Gasteiger partial charge on any atom is 0.323 e. The minimum absolute atomic E-state index is 0.165. The van der Waals surface area contributed by atoms with Gasteiger partial charge in [0.25, 0.3) is 0 Å². The van der Waals surface area contributed by atoms with Crippen molar-refractivity contribution >= 4 is 11.7 Å². The highest BCUT2D eigenvalue weighted by Gasteiger charge is 2.33. The van der Waals surface area contributed by atoms with E-state index in [1.54, 1.807) is 6.92 Å². The third-order valence-corrected chi connectivity index (χ3v) is 4.17. The van der Waals surface area contributed by atoms with Crippen molar-refractivity contribution in [3.05, 3.63) is 29.8 Å². The van der Waals surface area contributed by atoms with E-state index in [-0.39, 0.29) is 6.04 Å². The van der Waals surface area contributed by atoms with Crippen molar-refractivity contribution in [2.24, 2.45) is 0 Å². The van der Waals surface area contributed by atoms with Gasteiger partial charge in [0.2, 0.25) is 0 Å². The zero-order valence-corrected chi connectivity index (χ0v) is 13.2. The molecule has 4 nitrogen and oxygen atoms in total. The highest BCUT2D eigenvalue weighted by Crippen LogP contribution is 2.28. The van der Waals surface area contributed by atoms with Crippen molar-refractivity contribution < 1.29 is 9.90 Å². The van der Waals surface area contributed by atoms with E-state index < -0.39 is 11.5 Å². The molecule has 0 amide bonds. The number of carboxylic acid groups (broad SMARTS) is 1. The molecule has 0 saturated carbocycles. The number of carboxylic acids is 1. The number of carbonyl (C=O) groups is 1. The van der Waals surface area contributed by atoms with Gasteiger partial charge in [0.1, 0.15) is 5.54 Å². The second-order valence-electron chi connectivity index (χ2n) is 6.41. The molecule has 0 aliphatic carbocycles. The fourth-order valence-electron chi connectivity index (χ4n) is 3.14. The number of hydrogen-bond donors (Lipinski definition) is 2. The van der Waals surface area contributed by atoms with Gasteiger partial charge in [0.15, 0.2) is 0 Å². The molecule has 21 heavy (non-hydrogen) atoms. The molecule has 0 radical (unpaired) electrons. The third-order valence-electron chi connectivity index (χ3n) is 4.17. The smallest absolute Gasteiger partial charge is 0.323 e. The first-order valence-electron chi connectivity index (χ1n) is 7.76. The predicted octanol–water partition coefficient (Wildman–Crippen LogP) is 2.67. The van der Waals surface area contributed by atoms with Gasteiger partial charge in [-0.3, -0.25) is 10.1 Å². The van der Waals surface area contributed by atoms with Gasteiger partial charge in [0, 0.05) is 24.8 Å². The lowest BCUT2D eigenvalue weighted by molar-refractivity contribution is -0.144. The standard InChI is InChI=1S/C17H26N2O2/c1-13(2)18-17(3,16(20)21)10-6-11-19-12-9-14-7-4-5-8-15(14)19/h4-5,7-8,13,18H,6,9-12H2,1-3H3,(H,20,21). The summed E-state index contributed by atoms with van der Waals surface area (Å²) < 4.78 is 0. The Morgan fingerprint density at radius 2 is 2.14 bits per heavy atom. The normalized spacial score (nSPS) is 16.9. The summed E-state index contributed by atoms with van der Waals surface area (Å²) in [6, 6.07) is 8.65. The third kappa shape index (κ3) is 3.76. The van der Waals surface area contributed by atoms with Crippen LogP contribution in [0.5, 0.6) is 0 Å². The van der Waals surface area contributed by atoms with E-state index in [1.807, 2.05) is 13.8 Å². The molecule has 4 heteroatoms. The number of rotatable bonds is 7. The summed E-state index contributed by atoms with van der Waals surface area (Å²) in [5.74, 6) is -0.766. The number of nitrogens with one attached hydrogen (secondary N) is 1. The molecule has 0 fully saturated rings. The second kappa shape index (κ2) is 6.48. The van der Waals surface area contributed by atoms with Crippen LogP contribution in [-0.4, -0.2) is 35.7 Å². The molecule has 2 N–H and O–H groups in total. The number of fused-ring (bicyclic) bond motifs is 1. The summed E-state index contributed by atoms with van der Waals surface area (Å²) >= 11 is 0. The number of benzene rings is 1. The van der Waals surface area contributed by atoms with E-state index in [9.17, 15) is 9.90 Å². The van der Waals surface area contributed by atoms with Crippen molar-refractivity contribution in [2.45, 2.75) is 51.6 Å². The van der Waals surface area contributed by atoms with Gasteiger partial charge in [-0.05, 0) is 51.7 Å². The highest BCUT2D eigenvalue weighted by atomic mass is 16.4. The van der Waals surface area contributed by atoms with E-state index in [0.29, 0.717) is 6.42 Å². The SMILES string of the molecule is CC(C)NC(C)(CCCN1CCc2ccccc21)C(=O)O. The maximum atomic E-state index is 11.5. The van der Waals surface area contributed by atoms with Gasteiger partial charge < -0.3 is 10.0 Å². The fraction of sp³-hybridized carbons (Fsp3) is 0.588. The Balaban J connectivity index is 1.90. The molecular formula is C17H26N2O2. The van der Waals surface area contributed by atoms with E-state index in [0.717, 1.165) is 25.9 Å². The molecule has 0 spiro atoms. The first-order valence-corrected chi connectivity index (χ1v) is 7.76. The van der Waals surface area contributed by atoms with Crippen molar-refractivity contribution in [3.8, 4) is 0 Å². The number of para-hydroxylation sites is 1. The largest absolute Gasteiger partial charge is 0.480 e. The monoisotopic (exact) mass is 290 g/mol. The molecule has 1 aliphatic heterocycles. The zero-order valence-electron chi connectivity index (χ0n) is 13.2. The van der Waals surface area contributed by atoms with Crippen LogP contribution in [0.25, 0.3) is 0 Å². The average molecular weight is 290 g/mol. The van der Waals surface area contributed by atoms with Gasteiger partial charge >= 0.3 is 5.97 Å². The Labute approximate surface area is 127 Å². The molecule has 116 valence electrons. The van der Waals surface area contributed by atoms with Crippen LogP contribution in [0.3, 0.4) is 0 Å². The molecule has 0 saturated heterocycles. The van der Waals surface area contributed by atoms with Crippen molar-refractivity contribution in [1.29, 1.82) is 0 Å². The molecule has 1 aromatic rings. The summed E-state index contributed by atoms with van der Waals surface area (Å²) in [5, 5.41) is 12.6. The molecule has 0 aromatic heterocycles. The fourth-order valence-corrected chi connectivity index (χ4v) is 3.14.